The van der Waals surface area contributed by atoms with Gasteiger partial charge >= 0.3 is 0 Å². The lowest BCUT2D eigenvalue weighted by molar-refractivity contribution is 0.0263. The number of nitrogens with one attached hydrogen (secondary N) is 1. The van der Waals surface area contributed by atoms with Crippen LogP contribution in [0.15, 0.2) is 17.1 Å². The normalized spacial score (nSPS) is 25.9. The minimum absolute atomic E-state index is 0.0176. The number of aliphatic hydroxyl groups is 1. The van der Waals surface area contributed by atoms with Crippen molar-refractivity contribution < 1.29 is 17.9 Å². The minimum Gasteiger partial charge on any atom is -0.388 e. The second kappa shape index (κ2) is 8.10. The van der Waals surface area contributed by atoms with Gasteiger partial charge in [-0.3, -0.25) is 9.36 Å². The molecule has 1 aliphatic carbocycles. The second-order valence-corrected chi connectivity index (χ2v) is 10.9. The molecule has 0 bridgehead atoms. The Labute approximate surface area is 180 Å². The van der Waals surface area contributed by atoms with Crippen LogP contribution in [-0.4, -0.2) is 62.8 Å². The van der Waals surface area contributed by atoms with Crippen molar-refractivity contribution in [1.29, 1.82) is 0 Å². The Morgan fingerprint density at radius 2 is 2.03 bits per heavy atom. The zero-order chi connectivity index (χ0) is 22.4. The lowest BCUT2D eigenvalue weighted by Gasteiger charge is -2.31. The van der Waals surface area contributed by atoms with Crippen molar-refractivity contribution >= 4 is 27.0 Å². The molecule has 0 spiro atoms. The lowest BCUT2D eigenvalue weighted by Crippen LogP contribution is -2.43. The number of fused-ring (bicyclic) bond motifs is 1. The molecular formula is C20H28FN5O4S. The molecule has 1 saturated heterocycles. The lowest BCUT2D eigenvalue weighted by atomic mass is 10.00. The summed E-state index contributed by atoms with van der Waals surface area (Å²) in [6.07, 6.45) is 4.49. The first-order valence-corrected chi connectivity index (χ1v) is 12.3. The summed E-state index contributed by atoms with van der Waals surface area (Å²) in [5.41, 5.74) is -1.65. The minimum atomic E-state index is -3.20. The van der Waals surface area contributed by atoms with Gasteiger partial charge in [-0.15, -0.1) is 0 Å². The van der Waals surface area contributed by atoms with Gasteiger partial charge < -0.3 is 10.4 Å². The van der Waals surface area contributed by atoms with Crippen LogP contribution in [0.5, 0.6) is 0 Å². The highest BCUT2D eigenvalue weighted by atomic mass is 32.2. The van der Waals surface area contributed by atoms with Crippen molar-refractivity contribution in [3.8, 4) is 0 Å². The van der Waals surface area contributed by atoms with E-state index in [0.29, 0.717) is 50.1 Å². The quantitative estimate of drug-likeness (QED) is 0.707. The van der Waals surface area contributed by atoms with Gasteiger partial charge in [-0.1, -0.05) is 0 Å². The summed E-state index contributed by atoms with van der Waals surface area (Å²) in [5, 5.41) is 14.3. The molecule has 11 heteroatoms. The van der Waals surface area contributed by atoms with E-state index in [1.54, 1.807) is 13.8 Å². The molecule has 2 fully saturated rings. The van der Waals surface area contributed by atoms with Gasteiger partial charge in [0.15, 0.2) is 5.82 Å². The predicted molar refractivity (Wildman–Crippen MR) is 115 cm³/mol. The first kappa shape index (κ1) is 22.1. The molecule has 0 amide bonds. The predicted octanol–water partition coefficient (Wildman–Crippen LogP) is 1.63. The van der Waals surface area contributed by atoms with Crippen molar-refractivity contribution in [2.24, 2.45) is 0 Å². The fourth-order valence-electron chi connectivity index (χ4n) is 4.63. The highest BCUT2D eigenvalue weighted by molar-refractivity contribution is 7.89. The van der Waals surface area contributed by atoms with E-state index >= 15 is 0 Å². The van der Waals surface area contributed by atoms with Gasteiger partial charge in [0.2, 0.25) is 16.0 Å². The summed E-state index contributed by atoms with van der Waals surface area (Å²) in [6.45, 7) is 4.13. The van der Waals surface area contributed by atoms with Crippen LogP contribution in [0.1, 0.15) is 52.0 Å². The van der Waals surface area contributed by atoms with Crippen LogP contribution in [0.3, 0.4) is 0 Å². The monoisotopic (exact) mass is 453 g/mol. The van der Waals surface area contributed by atoms with Gasteiger partial charge in [-0.2, -0.15) is 4.98 Å². The van der Waals surface area contributed by atoms with Crippen molar-refractivity contribution in [2.45, 2.75) is 63.6 Å². The Hall–Kier alpha value is -2.11. The maximum Gasteiger partial charge on any atom is 0.288 e. The Morgan fingerprint density at radius 3 is 2.65 bits per heavy atom. The molecular weight excluding hydrogens is 425 g/mol. The SMILES string of the molecule is CCS(=O)(=O)N1CCC(Nc2ncc3cc(F)c(=O)n([C@H]4CCC[C@]4(C)O)c3n2)CC1. The number of piperidine rings is 1. The fourth-order valence-corrected chi connectivity index (χ4v) is 5.76. The largest absolute Gasteiger partial charge is 0.388 e. The van der Waals surface area contributed by atoms with Crippen LogP contribution < -0.4 is 10.9 Å². The van der Waals surface area contributed by atoms with Crippen molar-refractivity contribution in [3.05, 3.63) is 28.4 Å². The topological polar surface area (TPSA) is 117 Å². The third-order valence-corrected chi connectivity index (χ3v) is 8.35. The summed E-state index contributed by atoms with van der Waals surface area (Å²) in [7, 11) is -3.20. The molecule has 0 aromatic carbocycles. The Kier molecular flexibility index (Phi) is 5.78. The van der Waals surface area contributed by atoms with E-state index in [2.05, 4.69) is 15.3 Å². The number of sulfonamides is 1. The number of nitrogens with zero attached hydrogens (tertiary/aromatic N) is 4. The van der Waals surface area contributed by atoms with E-state index in [9.17, 15) is 22.7 Å². The van der Waals surface area contributed by atoms with Crippen LogP contribution in [0.2, 0.25) is 0 Å². The average molecular weight is 454 g/mol. The smallest absolute Gasteiger partial charge is 0.288 e. The van der Waals surface area contributed by atoms with Crippen LogP contribution in [0.4, 0.5) is 10.3 Å². The third-order valence-electron chi connectivity index (χ3n) is 6.46. The first-order valence-electron chi connectivity index (χ1n) is 10.7. The summed E-state index contributed by atoms with van der Waals surface area (Å²) in [4.78, 5) is 21.4. The van der Waals surface area contributed by atoms with Gasteiger partial charge in [0.05, 0.1) is 17.4 Å². The molecule has 9 nitrogen and oxygen atoms in total. The number of hydrogen-bond acceptors (Lipinski definition) is 7. The molecule has 31 heavy (non-hydrogen) atoms. The molecule has 2 aromatic rings. The fraction of sp³-hybridized carbons (Fsp3) is 0.650. The molecule has 1 saturated carbocycles. The molecule has 2 atom stereocenters. The molecule has 2 N–H and O–H groups in total. The van der Waals surface area contributed by atoms with E-state index in [1.807, 2.05) is 0 Å². The molecule has 0 radical (unpaired) electrons. The maximum atomic E-state index is 14.3. The number of hydrogen-bond donors (Lipinski definition) is 2. The molecule has 0 unspecified atom stereocenters. The molecule has 2 aromatic heterocycles. The molecule has 170 valence electrons. The Balaban J connectivity index is 1.62. The second-order valence-electron chi connectivity index (χ2n) is 8.62. The molecule has 2 aliphatic rings. The van der Waals surface area contributed by atoms with E-state index in [0.717, 1.165) is 12.5 Å². The first-order chi connectivity index (χ1) is 14.6. The van der Waals surface area contributed by atoms with Gasteiger partial charge in [-0.05, 0) is 52.0 Å². The zero-order valence-corrected chi connectivity index (χ0v) is 18.5. The van der Waals surface area contributed by atoms with E-state index < -0.39 is 33.0 Å². The Bertz CT molecular complexity index is 1140. The van der Waals surface area contributed by atoms with Crippen molar-refractivity contribution in [2.75, 3.05) is 24.2 Å². The number of anilines is 1. The zero-order valence-electron chi connectivity index (χ0n) is 17.7. The number of pyridine rings is 1. The van der Waals surface area contributed by atoms with Gasteiger partial charge in [0.25, 0.3) is 5.56 Å². The van der Waals surface area contributed by atoms with Gasteiger partial charge in [0.1, 0.15) is 5.65 Å². The van der Waals surface area contributed by atoms with Crippen LogP contribution in [0.25, 0.3) is 11.0 Å². The summed E-state index contributed by atoms with van der Waals surface area (Å²) >= 11 is 0. The molecule has 3 heterocycles. The highest BCUT2D eigenvalue weighted by Crippen LogP contribution is 2.39. The van der Waals surface area contributed by atoms with E-state index in [1.165, 1.54) is 15.1 Å². The molecule has 1 aliphatic heterocycles. The Morgan fingerprint density at radius 1 is 1.32 bits per heavy atom. The number of aromatic nitrogens is 3. The summed E-state index contributed by atoms with van der Waals surface area (Å²) in [5.74, 6) is -0.525. The number of rotatable bonds is 5. The number of halogens is 1. The van der Waals surface area contributed by atoms with Crippen LogP contribution in [-0.2, 0) is 10.0 Å². The highest BCUT2D eigenvalue weighted by Gasteiger charge is 2.40. The summed E-state index contributed by atoms with van der Waals surface area (Å²) < 4.78 is 41.1. The van der Waals surface area contributed by atoms with E-state index in [-0.39, 0.29) is 17.4 Å². The standard InChI is InChI=1S/C20H28FN5O4S/c1-3-31(29,30)25-9-6-14(7-10-25)23-19-22-12-13-11-15(21)18(27)26(17(13)24-19)16-5-4-8-20(16,2)28/h11-12,14,16,28H,3-10H2,1-2H3,(H,22,23,24)/t16-,20-/m0/s1. The van der Waals surface area contributed by atoms with Crippen LogP contribution in [0, 0.1) is 5.82 Å². The maximum absolute atomic E-state index is 14.3. The molecule has 4 rings (SSSR count). The van der Waals surface area contributed by atoms with Gasteiger partial charge in [-0.25, -0.2) is 22.1 Å². The van der Waals surface area contributed by atoms with E-state index in [4.69, 9.17) is 0 Å². The third kappa shape index (κ3) is 4.18. The van der Waals surface area contributed by atoms with Crippen LogP contribution >= 0.6 is 0 Å². The average Bonchev–Trinajstić information content (AvgIpc) is 3.08. The van der Waals surface area contributed by atoms with Gasteiger partial charge in [0, 0.05) is 30.7 Å². The summed E-state index contributed by atoms with van der Waals surface area (Å²) in [6, 6.07) is 0.537. The van der Waals surface area contributed by atoms with Crippen molar-refractivity contribution in [3.63, 3.8) is 0 Å². The van der Waals surface area contributed by atoms with Crippen molar-refractivity contribution in [1.82, 2.24) is 18.8 Å².